The molecule has 3 aliphatic rings. The Balaban J connectivity index is 1.94. The molecular weight excluding hydrogens is 484 g/mol. The Morgan fingerprint density at radius 3 is 2.61 bits per heavy atom. The summed E-state index contributed by atoms with van der Waals surface area (Å²) in [7, 11) is 0. The number of unbranched alkanes of at least 4 members (excludes halogenated alkanes) is 4. The molecule has 0 radical (unpaired) electrons. The number of amides is 2. The van der Waals surface area contributed by atoms with E-state index in [9.17, 15) is 14.4 Å². The largest absolute Gasteiger partial charge is 0.465 e. The van der Waals surface area contributed by atoms with Crippen LogP contribution < -0.4 is 0 Å². The Kier molecular flexibility index (Phi) is 10.6. The van der Waals surface area contributed by atoms with Gasteiger partial charge in [0.1, 0.15) is 17.6 Å². The number of esters is 1. The van der Waals surface area contributed by atoms with Crippen LogP contribution in [0, 0.1) is 11.8 Å². The number of ether oxygens (including phenoxy) is 2. The first-order chi connectivity index (χ1) is 18.2. The predicted octanol–water partition coefficient (Wildman–Crippen LogP) is 4.02. The second-order valence-corrected chi connectivity index (χ2v) is 11.4. The van der Waals surface area contributed by atoms with Crippen molar-refractivity contribution >= 4 is 17.8 Å². The monoisotopic (exact) mass is 532 g/mol. The van der Waals surface area contributed by atoms with Crippen LogP contribution in [-0.4, -0.2) is 82.3 Å². The predicted molar refractivity (Wildman–Crippen MR) is 146 cm³/mol. The zero-order valence-corrected chi connectivity index (χ0v) is 23.7. The van der Waals surface area contributed by atoms with Crippen molar-refractivity contribution in [3.63, 3.8) is 0 Å². The lowest BCUT2D eigenvalue weighted by Crippen LogP contribution is -2.58. The number of nitrogens with zero attached hydrogens (tertiary/aromatic N) is 2. The minimum atomic E-state index is -1.04. The first-order valence-electron chi connectivity index (χ1n) is 14.5. The van der Waals surface area contributed by atoms with Gasteiger partial charge in [-0.3, -0.25) is 14.4 Å². The number of likely N-dealkylation sites (tertiary alicyclic amines) is 1. The summed E-state index contributed by atoms with van der Waals surface area (Å²) in [4.78, 5) is 45.4. The van der Waals surface area contributed by atoms with Gasteiger partial charge in [-0.15, -0.1) is 13.2 Å². The maximum absolute atomic E-state index is 14.3. The third-order valence-corrected chi connectivity index (χ3v) is 8.72. The number of carbonyl (C=O) groups is 3. The van der Waals surface area contributed by atoms with Crippen LogP contribution in [0.1, 0.15) is 85.0 Å². The highest BCUT2D eigenvalue weighted by atomic mass is 16.6. The molecule has 1 spiro atoms. The summed E-state index contributed by atoms with van der Waals surface area (Å²) >= 11 is 0. The van der Waals surface area contributed by atoms with Crippen LogP contribution in [0.15, 0.2) is 25.3 Å². The number of hydrogen-bond acceptors (Lipinski definition) is 6. The van der Waals surface area contributed by atoms with Crippen LogP contribution in [0.25, 0.3) is 0 Å². The smallest absolute Gasteiger partial charge is 0.312 e. The average molecular weight is 533 g/mol. The summed E-state index contributed by atoms with van der Waals surface area (Å²) in [6.45, 7) is 14.8. The van der Waals surface area contributed by atoms with E-state index in [1.165, 1.54) is 0 Å². The van der Waals surface area contributed by atoms with Crippen molar-refractivity contribution in [3.05, 3.63) is 25.3 Å². The van der Waals surface area contributed by atoms with Gasteiger partial charge >= 0.3 is 5.97 Å². The van der Waals surface area contributed by atoms with Crippen molar-refractivity contribution in [2.75, 3.05) is 26.3 Å². The van der Waals surface area contributed by atoms with Crippen LogP contribution in [0.2, 0.25) is 0 Å². The molecule has 2 amide bonds. The van der Waals surface area contributed by atoms with Crippen LogP contribution in [0.4, 0.5) is 0 Å². The van der Waals surface area contributed by atoms with Crippen LogP contribution in [0.3, 0.4) is 0 Å². The van der Waals surface area contributed by atoms with E-state index in [0.717, 1.165) is 38.5 Å². The van der Waals surface area contributed by atoms with Crippen molar-refractivity contribution in [3.8, 4) is 0 Å². The van der Waals surface area contributed by atoms with Crippen molar-refractivity contribution < 1.29 is 29.0 Å². The third-order valence-electron chi connectivity index (χ3n) is 8.72. The number of rotatable bonds is 17. The van der Waals surface area contributed by atoms with Gasteiger partial charge in [-0.05, 0) is 58.8 Å². The molecule has 2 bridgehead atoms. The number of hydrogen-bond donors (Lipinski definition) is 1. The normalized spacial score (nSPS) is 30.3. The molecule has 0 aromatic rings. The van der Waals surface area contributed by atoms with Crippen molar-refractivity contribution in [2.45, 2.75) is 108 Å². The molecular formula is C30H48N2O6. The fourth-order valence-corrected chi connectivity index (χ4v) is 6.90. The molecule has 8 heteroatoms. The molecule has 8 nitrogen and oxygen atoms in total. The van der Waals surface area contributed by atoms with E-state index in [1.807, 2.05) is 18.7 Å². The summed E-state index contributed by atoms with van der Waals surface area (Å²) in [5, 5.41) is 9.13. The van der Waals surface area contributed by atoms with Gasteiger partial charge in [0.2, 0.25) is 11.8 Å². The first kappa shape index (κ1) is 30.4. The molecule has 0 aromatic carbocycles. The standard InChI is InChI=1S/C30H48N2O6/c1-6-9-14-21-37-28(36)24-23-26(34)32(19-12-10-11-13-20-33)25(30(23)17-16-29(24,5)38-30)27(35)31(18-8-3)22(4)15-7-2/h6,8,22-25,33H,1,3,7,9-21H2,2,4-5H3/t22?,23-,24-,25?,29+,30?/m0/s1. The second-order valence-electron chi connectivity index (χ2n) is 11.4. The molecule has 3 saturated heterocycles. The molecule has 3 fully saturated rings. The molecule has 6 atom stereocenters. The van der Waals surface area contributed by atoms with Crippen LogP contribution >= 0.6 is 0 Å². The Morgan fingerprint density at radius 2 is 1.95 bits per heavy atom. The van der Waals surface area contributed by atoms with Gasteiger partial charge < -0.3 is 24.4 Å². The highest BCUT2D eigenvalue weighted by Gasteiger charge is 2.78. The Morgan fingerprint density at radius 1 is 1.21 bits per heavy atom. The maximum Gasteiger partial charge on any atom is 0.312 e. The van der Waals surface area contributed by atoms with E-state index in [2.05, 4.69) is 20.1 Å². The van der Waals surface area contributed by atoms with E-state index in [-0.39, 0.29) is 31.1 Å². The molecule has 0 aromatic heterocycles. The van der Waals surface area contributed by atoms with Gasteiger partial charge in [0.15, 0.2) is 0 Å². The molecule has 1 N–H and O–H groups in total. The van der Waals surface area contributed by atoms with Gasteiger partial charge in [-0.25, -0.2) is 0 Å². The fourth-order valence-electron chi connectivity index (χ4n) is 6.90. The Hall–Kier alpha value is -2.19. The van der Waals surface area contributed by atoms with E-state index in [0.29, 0.717) is 38.8 Å². The maximum atomic E-state index is 14.3. The van der Waals surface area contributed by atoms with E-state index in [4.69, 9.17) is 14.6 Å². The van der Waals surface area contributed by atoms with E-state index < -0.39 is 35.0 Å². The summed E-state index contributed by atoms with van der Waals surface area (Å²) in [5.74, 6) is -2.17. The minimum Gasteiger partial charge on any atom is -0.465 e. The van der Waals surface area contributed by atoms with Crippen molar-refractivity contribution in [1.82, 2.24) is 9.80 Å². The molecule has 3 unspecified atom stereocenters. The third kappa shape index (κ3) is 5.71. The van der Waals surface area contributed by atoms with Gasteiger partial charge in [0.05, 0.1) is 18.1 Å². The highest BCUT2D eigenvalue weighted by molar-refractivity contribution is 5.98. The SMILES string of the molecule is C=CCCCOC(=O)[C@@H]1[C@H]2C(=O)N(CCCCCCO)C(C(=O)N(CC=C)C(C)CCC)C23CC[C@@]1(C)O3. The van der Waals surface area contributed by atoms with E-state index in [1.54, 1.807) is 17.1 Å². The summed E-state index contributed by atoms with van der Waals surface area (Å²) < 4.78 is 12.3. The fraction of sp³-hybridized carbons (Fsp3) is 0.767. The molecule has 214 valence electrons. The summed E-state index contributed by atoms with van der Waals surface area (Å²) in [6.07, 6.45) is 11.0. The van der Waals surface area contributed by atoms with Crippen LogP contribution in [0.5, 0.6) is 0 Å². The zero-order chi connectivity index (χ0) is 27.9. The van der Waals surface area contributed by atoms with Crippen LogP contribution in [-0.2, 0) is 23.9 Å². The number of allylic oxidation sites excluding steroid dienone is 1. The highest BCUT2D eigenvalue weighted by Crippen LogP contribution is 2.63. The quantitative estimate of drug-likeness (QED) is 0.173. The molecule has 0 saturated carbocycles. The topological polar surface area (TPSA) is 96.4 Å². The number of fused-ring (bicyclic) bond motifs is 1. The van der Waals surface area contributed by atoms with E-state index >= 15 is 0 Å². The molecule has 3 rings (SSSR count). The molecule has 38 heavy (non-hydrogen) atoms. The average Bonchev–Trinajstić information content (AvgIpc) is 3.45. The molecule has 3 aliphatic heterocycles. The number of carbonyl (C=O) groups excluding carboxylic acids is 3. The second kappa shape index (κ2) is 13.2. The lowest BCUT2D eigenvalue weighted by molar-refractivity contribution is -0.160. The van der Waals surface area contributed by atoms with Gasteiger partial charge in [-0.2, -0.15) is 0 Å². The first-order valence-corrected chi connectivity index (χ1v) is 14.5. The lowest BCUT2D eigenvalue weighted by Gasteiger charge is -2.39. The number of aliphatic hydroxyl groups excluding tert-OH is 1. The Labute approximate surface area is 228 Å². The van der Waals surface area contributed by atoms with Gasteiger partial charge in [0, 0.05) is 25.7 Å². The molecule has 0 aliphatic carbocycles. The molecule has 3 heterocycles. The zero-order valence-electron chi connectivity index (χ0n) is 23.7. The van der Waals surface area contributed by atoms with Crippen molar-refractivity contribution in [1.29, 1.82) is 0 Å². The Bertz CT molecular complexity index is 877. The van der Waals surface area contributed by atoms with Gasteiger partial charge in [0.25, 0.3) is 0 Å². The minimum absolute atomic E-state index is 0.0118. The summed E-state index contributed by atoms with van der Waals surface area (Å²) in [5.41, 5.74) is -1.87. The lowest BCUT2D eigenvalue weighted by atomic mass is 9.66. The van der Waals surface area contributed by atoms with Gasteiger partial charge in [-0.1, -0.05) is 38.3 Å². The van der Waals surface area contributed by atoms with Crippen molar-refractivity contribution in [2.24, 2.45) is 11.8 Å². The summed E-state index contributed by atoms with van der Waals surface area (Å²) in [6, 6.07) is -0.792. The number of aliphatic hydroxyl groups is 1.